The monoisotopic (exact) mass is 437 g/mol. The Bertz CT molecular complexity index is 1070. The van der Waals surface area contributed by atoms with Gasteiger partial charge in [-0.15, -0.1) is 0 Å². The smallest absolute Gasteiger partial charge is 0.340 e. The van der Waals surface area contributed by atoms with Gasteiger partial charge in [0, 0.05) is 11.4 Å². The molecule has 0 saturated carbocycles. The zero-order valence-corrected chi connectivity index (χ0v) is 18.9. The summed E-state index contributed by atoms with van der Waals surface area (Å²) in [7, 11) is 2.84. The second-order valence-corrected chi connectivity index (χ2v) is 6.92. The maximum absolute atomic E-state index is 13.4. The molecule has 0 bridgehead atoms. The van der Waals surface area contributed by atoms with Crippen LogP contribution in [0.3, 0.4) is 0 Å². The Labute approximate surface area is 187 Å². The fourth-order valence-corrected chi connectivity index (χ4v) is 3.56. The maximum Gasteiger partial charge on any atom is 0.340 e. The third-order valence-electron chi connectivity index (χ3n) is 4.99. The van der Waals surface area contributed by atoms with Crippen LogP contribution in [-0.4, -0.2) is 39.3 Å². The third kappa shape index (κ3) is 4.46. The molecule has 1 heterocycles. The highest BCUT2D eigenvalue weighted by atomic mass is 16.5. The predicted octanol–water partition coefficient (Wildman–Crippen LogP) is 4.37. The van der Waals surface area contributed by atoms with Crippen LogP contribution in [0.2, 0.25) is 0 Å². The molecule has 0 radical (unpaired) electrons. The average Bonchev–Trinajstić information content (AvgIpc) is 3.04. The highest BCUT2D eigenvalue weighted by Gasteiger charge is 2.37. The van der Waals surface area contributed by atoms with Gasteiger partial charge in [-0.3, -0.25) is 9.69 Å². The summed E-state index contributed by atoms with van der Waals surface area (Å²) in [5.41, 5.74) is 2.28. The number of methoxy groups -OCH3 is 2. The molecule has 1 amide bonds. The SMILES string of the molecule is CCOc1ccc(N2C(=O)/C(=C\c3ccc(OCC)c(OC)c3)C(C(=O)OC)=C2C)cc1. The van der Waals surface area contributed by atoms with E-state index in [4.69, 9.17) is 18.9 Å². The van der Waals surface area contributed by atoms with Crippen molar-refractivity contribution in [2.24, 2.45) is 0 Å². The van der Waals surface area contributed by atoms with Crippen molar-refractivity contribution in [1.82, 2.24) is 0 Å². The van der Waals surface area contributed by atoms with E-state index in [1.807, 2.05) is 13.8 Å². The molecule has 168 valence electrons. The Balaban J connectivity index is 2.05. The number of amides is 1. The number of benzene rings is 2. The molecule has 0 aromatic heterocycles. The summed E-state index contributed by atoms with van der Waals surface area (Å²) < 4.78 is 21.4. The number of nitrogens with zero attached hydrogens (tertiary/aromatic N) is 1. The molecule has 2 aromatic carbocycles. The lowest BCUT2D eigenvalue weighted by Crippen LogP contribution is -2.24. The van der Waals surface area contributed by atoms with E-state index in [0.717, 1.165) is 0 Å². The van der Waals surface area contributed by atoms with Crippen molar-refractivity contribution in [2.45, 2.75) is 20.8 Å². The van der Waals surface area contributed by atoms with E-state index >= 15 is 0 Å². The second kappa shape index (κ2) is 10.0. The molecular formula is C25H27NO6. The summed E-state index contributed by atoms with van der Waals surface area (Å²) in [5.74, 6) is 0.949. The lowest BCUT2D eigenvalue weighted by atomic mass is 10.0. The Hall–Kier alpha value is -3.74. The Kier molecular flexibility index (Phi) is 7.20. The van der Waals surface area contributed by atoms with Crippen LogP contribution in [0.15, 0.2) is 59.3 Å². The first kappa shape index (κ1) is 22.9. The third-order valence-corrected chi connectivity index (χ3v) is 4.99. The summed E-state index contributed by atoms with van der Waals surface area (Å²) in [6.45, 7) is 6.56. The molecule has 2 aromatic rings. The first-order valence-corrected chi connectivity index (χ1v) is 10.3. The predicted molar refractivity (Wildman–Crippen MR) is 122 cm³/mol. The highest BCUT2D eigenvalue weighted by molar-refractivity contribution is 6.23. The van der Waals surface area contributed by atoms with Crippen molar-refractivity contribution >= 4 is 23.6 Å². The van der Waals surface area contributed by atoms with Gasteiger partial charge < -0.3 is 18.9 Å². The highest BCUT2D eigenvalue weighted by Crippen LogP contribution is 2.37. The molecule has 0 atom stereocenters. The lowest BCUT2D eigenvalue weighted by Gasteiger charge is -2.18. The van der Waals surface area contributed by atoms with E-state index in [-0.39, 0.29) is 17.1 Å². The van der Waals surface area contributed by atoms with Gasteiger partial charge in [-0.05, 0) is 68.8 Å². The van der Waals surface area contributed by atoms with Crippen LogP contribution >= 0.6 is 0 Å². The quantitative estimate of drug-likeness (QED) is 0.451. The molecule has 0 spiro atoms. The number of hydrogen-bond acceptors (Lipinski definition) is 6. The molecule has 7 heteroatoms. The van der Waals surface area contributed by atoms with Gasteiger partial charge in [-0.25, -0.2) is 4.79 Å². The van der Waals surface area contributed by atoms with Crippen molar-refractivity contribution in [2.75, 3.05) is 32.3 Å². The summed E-state index contributed by atoms with van der Waals surface area (Å²) in [4.78, 5) is 27.5. The zero-order valence-electron chi connectivity index (χ0n) is 18.9. The van der Waals surface area contributed by atoms with E-state index in [2.05, 4.69) is 0 Å². The van der Waals surface area contributed by atoms with Crippen LogP contribution in [0.5, 0.6) is 17.2 Å². The number of carbonyl (C=O) groups excluding carboxylic acids is 2. The molecular weight excluding hydrogens is 410 g/mol. The summed E-state index contributed by atoms with van der Waals surface area (Å²) >= 11 is 0. The molecule has 3 rings (SSSR count). The zero-order chi connectivity index (χ0) is 23.3. The van der Waals surface area contributed by atoms with E-state index < -0.39 is 5.97 Å². The van der Waals surface area contributed by atoms with Crippen molar-refractivity contribution in [3.8, 4) is 17.2 Å². The molecule has 32 heavy (non-hydrogen) atoms. The standard InChI is InChI=1S/C25H27NO6/c1-6-31-19-11-9-18(10-12-19)26-16(3)23(25(28)30-5)20(24(26)27)14-17-8-13-21(32-7-2)22(15-17)29-4/h8-15H,6-7H2,1-5H3/b20-14-. The molecule has 1 aliphatic rings. The van der Waals surface area contributed by atoms with Gasteiger partial charge in [0.2, 0.25) is 0 Å². The lowest BCUT2D eigenvalue weighted by molar-refractivity contribution is -0.136. The van der Waals surface area contributed by atoms with Gasteiger partial charge in [0.25, 0.3) is 5.91 Å². The molecule has 1 aliphatic heterocycles. The average molecular weight is 437 g/mol. The normalized spacial score (nSPS) is 14.7. The summed E-state index contributed by atoms with van der Waals surface area (Å²) in [6, 6.07) is 12.5. The van der Waals surface area contributed by atoms with Gasteiger partial charge >= 0.3 is 5.97 Å². The second-order valence-electron chi connectivity index (χ2n) is 6.92. The van der Waals surface area contributed by atoms with Crippen molar-refractivity contribution in [3.05, 3.63) is 64.9 Å². The maximum atomic E-state index is 13.4. The van der Waals surface area contributed by atoms with Gasteiger partial charge in [0.05, 0.1) is 38.6 Å². The van der Waals surface area contributed by atoms with Crippen LogP contribution in [0, 0.1) is 0 Å². The minimum absolute atomic E-state index is 0.222. The number of anilines is 1. The van der Waals surface area contributed by atoms with E-state index in [1.54, 1.807) is 62.6 Å². The van der Waals surface area contributed by atoms with Crippen molar-refractivity contribution in [3.63, 3.8) is 0 Å². The summed E-state index contributed by atoms with van der Waals surface area (Å²) in [6.07, 6.45) is 1.66. The van der Waals surface area contributed by atoms with Crippen LogP contribution in [-0.2, 0) is 14.3 Å². The number of esters is 1. The Morgan fingerprint density at radius 1 is 0.969 bits per heavy atom. The fraction of sp³-hybridized carbons (Fsp3) is 0.280. The molecule has 0 unspecified atom stereocenters. The molecule has 0 fully saturated rings. The largest absolute Gasteiger partial charge is 0.494 e. The topological polar surface area (TPSA) is 74.3 Å². The van der Waals surface area contributed by atoms with Crippen LogP contribution in [0.1, 0.15) is 26.3 Å². The minimum atomic E-state index is -0.576. The van der Waals surface area contributed by atoms with Gasteiger partial charge in [0.15, 0.2) is 11.5 Å². The van der Waals surface area contributed by atoms with Crippen LogP contribution < -0.4 is 19.1 Å². The van der Waals surface area contributed by atoms with Crippen molar-refractivity contribution in [1.29, 1.82) is 0 Å². The first-order valence-electron chi connectivity index (χ1n) is 10.3. The van der Waals surface area contributed by atoms with Gasteiger partial charge in [-0.2, -0.15) is 0 Å². The number of rotatable bonds is 8. The van der Waals surface area contributed by atoms with Crippen LogP contribution in [0.25, 0.3) is 6.08 Å². The van der Waals surface area contributed by atoms with E-state index in [0.29, 0.717) is 47.4 Å². The van der Waals surface area contributed by atoms with Crippen LogP contribution in [0.4, 0.5) is 5.69 Å². The van der Waals surface area contributed by atoms with Crippen molar-refractivity contribution < 1.29 is 28.5 Å². The van der Waals surface area contributed by atoms with E-state index in [9.17, 15) is 9.59 Å². The van der Waals surface area contributed by atoms with E-state index in [1.165, 1.54) is 12.0 Å². The minimum Gasteiger partial charge on any atom is -0.494 e. The molecule has 0 aliphatic carbocycles. The Morgan fingerprint density at radius 2 is 1.66 bits per heavy atom. The number of carbonyl (C=O) groups is 2. The number of ether oxygens (including phenoxy) is 4. The Morgan fingerprint density at radius 3 is 2.25 bits per heavy atom. The first-order chi connectivity index (χ1) is 15.4. The molecule has 0 saturated heterocycles. The summed E-state index contributed by atoms with van der Waals surface area (Å²) in [5, 5.41) is 0. The van der Waals surface area contributed by atoms with Gasteiger partial charge in [-0.1, -0.05) is 6.07 Å². The molecule has 7 nitrogen and oxygen atoms in total. The number of hydrogen-bond donors (Lipinski definition) is 0. The number of allylic oxidation sites excluding steroid dienone is 1. The van der Waals surface area contributed by atoms with Gasteiger partial charge in [0.1, 0.15) is 5.75 Å². The molecule has 0 N–H and O–H groups in total. The fourth-order valence-electron chi connectivity index (χ4n) is 3.56.